The van der Waals surface area contributed by atoms with Gasteiger partial charge in [0.2, 0.25) is 11.6 Å². The molecule has 146 valence electrons. The van der Waals surface area contributed by atoms with Crippen molar-refractivity contribution in [1.82, 2.24) is 14.9 Å². The number of halogens is 1. The van der Waals surface area contributed by atoms with Crippen molar-refractivity contribution in [2.24, 2.45) is 0 Å². The summed E-state index contributed by atoms with van der Waals surface area (Å²) in [7, 11) is 0. The molecule has 2 heterocycles. The van der Waals surface area contributed by atoms with Gasteiger partial charge in [-0.05, 0) is 25.5 Å². The maximum absolute atomic E-state index is 12.8. The molecular weight excluding hydrogens is 386 g/mol. The zero-order chi connectivity index (χ0) is 20.3. The van der Waals surface area contributed by atoms with Crippen LogP contribution >= 0.6 is 11.6 Å². The Morgan fingerprint density at radius 3 is 2.79 bits per heavy atom. The van der Waals surface area contributed by atoms with E-state index in [2.05, 4.69) is 10.3 Å². The molecule has 0 saturated heterocycles. The monoisotopic (exact) mass is 403 g/mol. The Balaban J connectivity index is 1.83. The average Bonchev–Trinajstić information content (AvgIpc) is 3.00. The minimum Gasteiger partial charge on any atom is -0.462 e. The van der Waals surface area contributed by atoms with E-state index in [1.807, 2.05) is 6.07 Å². The predicted octanol–water partition coefficient (Wildman–Crippen LogP) is 2.44. The zero-order valence-electron chi connectivity index (χ0n) is 15.3. The van der Waals surface area contributed by atoms with E-state index in [-0.39, 0.29) is 42.1 Å². The summed E-state index contributed by atoms with van der Waals surface area (Å²) in [5, 5.41) is 3.24. The normalized spacial score (nSPS) is 10.8. The number of ether oxygens (including phenoxy) is 1. The van der Waals surface area contributed by atoms with Crippen molar-refractivity contribution in [3.8, 4) is 0 Å². The van der Waals surface area contributed by atoms with Gasteiger partial charge < -0.3 is 14.5 Å². The van der Waals surface area contributed by atoms with Crippen molar-refractivity contribution in [2.75, 3.05) is 6.61 Å². The van der Waals surface area contributed by atoms with Gasteiger partial charge in [-0.2, -0.15) is 0 Å². The quantitative estimate of drug-likeness (QED) is 0.634. The van der Waals surface area contributed by atoms with Crippen LogP contribution in [0.25, 0.3) is 11.1 Å². The van der Waals surface area contributed by atoms with Crippen LogP contribution in [0.5, 0.6) is 0 Å². The number of carbonyl (C=O) groups is 2. The van der Waals surface area contributed by atoms with E-state index < -0.39 is 17.4 Å². The van der Waals surface area contributed by atoms with Crippen molar-refractivity contribution in [2.45, 2.75) is 26.9 Å². The fourth-order valence-corrected chi connectivity index (χ4v) is 2.95. The van der Waals surface area contributed by atoms with E-state index in [1.165, 1.54) is 6.33 Å². The van der Waals surface area contributed by atoms with Crippen molar-refractivity contribution in [3.05, 3.63) is 62.9 Å². The Labute approximate surface area is 165 Å². The van der Waals surface area contributed by atoms with Gasteiger partial charge in [-0.3, -0.25) is 14.2 Å². The summed E-state index contributed by atoms with van der Waals surface area (Å²) in [4.78, 5) is 41.3. The van der Waals surface area contributed by atoms with Crippen LogP contribution in [0.3, 0.4) is 0 Å². The summed E-state index contributed by atoms with van der Waals surface area (Å²) in [5.41, 5.74) is 0.254. The maximum atomic E-state index is 12.8. The molecule has 8 nitrogen and oxygen atoms in total. The van der Waals surface area contributed by atoms with Gasteiger partial charge in [0, 0.05) is 11.6 Å². The average molecular weight is 404 g/mol. The molecule has 28 heavy (non-hydrogen) atoms. The molecule has 0 aliphatic carbocycles. The molecule has 1 aromatic carbocycles. The van der Waals surface area contributed by atoms with Crippen LogP contribution in [0, 0.1) is 6.92 Å². The topological polar surface area (TPSA) is 103 Å². The van der Waals surface area contributed by atoms with Crippen LogP contribution in [0.1, 0.15) is 28.6 Å². The van der Waals surface area contributed by atoms with Gasteiger partial charge in [0.1, 0.15) is 29.6 Å². The van der Waals surface area contributed by atoms with Crippen molar-refractivity contribution in [3.63, 3.8) is 0 Å². The summed E-state index contributed by atoms with van der Waals surface area (Å²) in [6.07, 6.45) is 1.21. The number of benzene rings is 1. The van der Waals surface area contributed by atoms with Gasteiger partial charge in [0.25, 0.3) is 5.56 Å². The SMILES string of the molecule is CCOC(=O)c1c(C)oc2ncn(CC(=O)NCc3ccccc3Cl)c(=O)c12. The van der Waals surface area contributed by atoms with Crippen LogP contribution < -0.4 is 10.9 Å². The second-order valence-corrected chi connectivity index (χ2v) is 6.39. The molecule has 0 saturated carbocycles. The number of nitrogens with zero attached hydrogens (tertiary/aromatic N) is 2. The molecule has 1 amide bonds. The Hall–Kier alpha value is -3.13. The van der Waals surface area contributed by atoms with Crippen molar-refractivity contribution >= 4 is 34.6 Å². The van der Waals surface area contributed by atoms with Crippen LogP contribution in [0.2, 0.25) is 5.02 Å². The number of nitrogens with one attached hydrogen (secondary N) is 1. The molecule has 0 aliphatic rings. The lowest BCUT2D eigenvalue weighted by Gasteiger charge is -2.08. The number of aromatic nitrogens is 2. The molecule has 3 aromatic rings. The van der Waals surface area contributed by atoms with Crippen LogP contribution in [0.4, 0.5) is 0 Å². The van der Waals surface area contributed by atoms with Crippen molar-refractivity contribution in [1.29, 1.82) is 0 Å². The lowest BCUT2D eigenvalue weighted by molar-refractivity contribution is -0.121. The van der Waals surface area contributed by atoms with E-state index in [1.54, 1.807) is 32.0 Å². The fraction of sp³-hybridized carbons (Fsp3) is 0.263. The molecular formula is C19H18ClN3O5. The maximum Gasteiger partial charge on any atom is 0.342 e. The van der Waals surface area contributed by atoms with E-state index in [4.69, 9.17) is 20.8 Å². The molecule has 0 radical (unpaired) electrons. The van der Waals surface area contributed by atoms with Gasteiger partial charge in [0.15, 0.2) is 0 Å². The molecule has 0 unspecified atom stereocenters. The highest BCUT2D eigenvalue weighted by molar-refractivity contribution is 6.31. The lowest BCUT2D eigenvalue weighted by atomic mass is 10.2. The number of furan rings is 1. The fourth-order valence-electron chi connectivity index (χ4n) is 2.75. The van der Waals surface area contributed by atoms with Gasteiger partial charge in [-0.25, -0.2) is 9.78 Å². The van der Waals surface area contributed by atoms with Crippen LogP contribution in [-0.4, -0.2) is 28.0 Å². The third-order valence-corrected chi connectivity index (χ3v) is 4.45. The first-order chi connectivity index (χ1) is 13.4. The third kappa shape index (κ3) is 3.91. The Morgan fingerprint density at radius 1 is 1.32 bits per heavy atom. The highest BCUT2D eigenvalue weighted by atomic mass is 35.5. The standard InChI is InChI=1S/C19H18ClN3O5/c1-3-27-19(26)15-11(2)28-17-16(15)18(25)23(10-22-17)9-14(24)21-8-12-6-4-5-7-13(12)20/h4-7,10H,3,8-9H2,1-2H3,(H,21,24). The van der Waals surface area contributed by atoms with Gasteiger partial charge >= 0.3 is 5.97 Å². The third-order valence-electron chi connectivity index (χ3n) is 4.08. The molecule has 0 aliphatic heterocycles. The van der Waals surface area contributed by atoms with Crippen LogP contribution in [0.15, 0.2) is 39.8 Å². The largest absolute Gasteiger partial charge is 0.462 e. The lowest BCUT2D eigenvalue weighted by Crippen LogP contribution is -2.32. The number of aryl methyl sites for hydroxylation is 1. The molecule has 0 spiro atoms. The molecule has 0 bridgehead atoms. The number of esters is 1. The predicted molar refractivity (Wildman–Crippen MR) is 102 cm³/mol. The smallest absolute Gasteiger partial charge is 0.342 e. The van der Waals surface area contributed by atoms with E-state index in [0.29, 0.717) is 5.02 Å². The van der Waals surface area contributed by atoms with E-state index >= 15 is 0 Å². The minimum absolute atomic E-state index is 0.00245. The number of rotatable bonds is 6. The van der Waals surface area contributed by atoms with Crippen molar-refractivity contribution < 1.29 is 18.7 Å². The zero-order valence-corrected chi connectivity index (χ0v) is 16.1. The summed E-state index contributed by atoms with van der Waals surface area (Å²) < 4.78 is 11.5. The first-order valence-corrected chi connectivity index (χ1v) is 8.96. The second-order valence-electron chi connectivity index (χ2n) is 5.98. The molecule has 2 aromatic heterocycles. The van der Waals surface area contributed by atoms with Gasteiger partial charge in [0.05, 0.1) is 6.61 Å². The van der Waals surface area contributed by atoms with Gasteiger partial charge in [-0.15, -0.1) is 0 Å². The number of hydrogen-bond acceptors (Lipinski definition) is 6. The Kier molecular flexibility index (Phi) is 5.79. The number of fused-ring (bicyclic) bond motifs is 1. The highest BCUT2D eigenvalue weighted by Crippen LogP contribution is 2.21. The van der Waals surface area contributed by atoms with Crippen LogP contribution in [-0.2, 0) is 22.6 Å². The summed E-state index contributed by atoms with van der Waals surface area (Å²) in [6.45, 7) is 3.33. The first kappa shape index (κ1) is 19.6. The summed E-state index contributed by atoms with van der Waals surface area (Å²) in [5.74, 6) is -0.835. The Bertz CT molecular complexity index is 1100. The molecule has 0 atom stereocenters. The first-order valence-electron chi connectivity index (χ1n) is 8.58. The summed E-state index contributed by atoms with van der Waals surface area (Å²) >= 11 is 6.06. The van der Waals surface area contributed by atoms with E-state index in [0.717, 1.165) is 10.1 Å². The Morgan fingerprint density at radius 2 is 2.07 bits per heavy atom. The molecule has 3 rings (SSSR count). The summed E-state index contributed by atoms with van der Waals surface area (Å²) in [6, 6.07) is 7.13. The molecule has 1 N–H and O–H groups in total. The molecule has 0 fully saturated rings. The number of hydrogen-bond donors (Lipinski definition) is 1. The van der Waals surface area contributed by atoms with E-state index in [9.17, 15) is 14.4 Å². The minimum atomic E-state index is -0.668. The molecule has 9 heteroatoms. The second kappa shape index (κ2) is 8.26. The highest BCUT2D eigenvalue weighted by Gasteiger charge is 2.24. The van der Waals surface area contributed by atoms with Gasteiger partial charge in [-0.1, -0.05) is 29.8 Å². The number of amides is 1. The number of carbonyl (C=O) groups excluding carboxylic acids is 2.